The number of rotatable bonds is 6. The molecule has 2 fully saturated rings. The molecule has 0 bridgehead atoms. The summed E-state index contributed by atoms with van der Waals surface area (Å²) in [5.41, 5.74) is 1.14. The molecule has 0 radical (unpaired) electrons. The van der Waals surface area contributed by atoms with E-state index >= 15 is 0 Å². The second kappa shape index (κ2) is 11.0. The van der Waals surface area contributed by atoms with Crippen LogP contribution >= 0.6 is 0 Å². The van der Waals surface area contributed by atoms with Crippen molar-refractivity contribution in [3.63, 3.8) is 0 Å². The summed E-state index contributed by atoms with van der Waals surface area (Å²) >= 11 is 0. The van der Waals surface area contributed by atoms with Crippen molar-refractivity contribution in [1.82, 2.24) is 20.0 Å². The van der Waals surface area contributed by atoms with Gasteiger partial charge in [0.25, 0.3) is 0 Å². The summed E-state index contributed by atoms with van der Waals surface area (Å²) in [6, 6.07) is 10.9. The third kappa shape index (κ3) is 6.45. The van der Waals surface area contributed by atoms with Crippen molar-refractivity contribution in [3.8, 4) is 0 Å². The van der Waals surface area contributed by atoms with Gasteiger partial charge in [-0.1, -0.05) is 30.3 Å². The van der Waals surface area contributed by atoms with Gasteiger partial charge in [0.2, 0.25) is 5.91 Å². The quantitative estimate of drug-likeness (QED) is 0.751. The number of nitrogens with one attached hydrogen (secondary N) is 1. The standard InChI is InChI=1S/C25H40N4O2/c1-19(2)27-14-16-28(17-15-27)24(30)22-10-12-23(13-11-22)26-25(31)29(20(3)4)18-21-8-6-5-7-9-21/h5-9,19-20,22-23H,10-18H2,1-4H3,(H,26,31). The Labute approximate surface area is 188 Å². The van der Waals surface area contributed by atoms with Crippen LogP contribution in [0.15, 0.2) is 30.3 Å². The molecule has 6 heteroatoms. The molecule has 1 heterocycles. The lowest BCUT2D eigenvalue weighted by atomic mass is 9.85. The van der Waals surface area contributed by atoms with Gasteiger partial charge in [-0.05, 0) is 58.9 Å². The molecule has 1 aromatic rings. The highest BCUT2D eigenvalue weighted by molar-refractivity contribution is 5.79. The molecular weight excluding hydrogens is 388 g/mol. The lowest BCUT2D eigenvalue weighted by Crippen LogP contribution is -2.53. The van der Waals surface area contributed by atoms with E-state index in [4.69, 9.17) is 0 Å². The minimum absolute atomic E-state index is 0.00145. The first-order valence-electron chi connectivity index (χ1n) is 12.0. The van der Waals surface area contributed by atoms with Crippen LogP contribution < -0.4 is 5.32 Å². The van der Waals surface area contributed by atoms with Crippen molar-refractivity contribution in [2.75, 3.05) is 26.2 Å². The molecule has 1 saturated carbocycles. The monoisotopic (exact) mass is 428 g/mol. The molecule has 0 aromatic heterocycles. The Balaban J connectivity index is 1.45. The largest absolute Gasteiger partial charge is 0.340 e. The van der Waals surface area contributed by atoms with Crippen molar-refractivity contribution < 1.29 is 9.59 Å². The van der Waals surface area contributed by atoms with Gasteiger partial charge in [-0.25, -0.2) is 4.79 Å². The van der Waals surface area contributed by atoms with Gasteiger partial charge in [-0.2, -0.15) is 0 Å². The van der Waals surface area contributed by atoms with Gasteiger partial charge in [0.05, 0.1) is 0 Å². The molecule has 3 rings (SSSR count). The predicted octanol–water partition coefficient (Wildman–Crippen LogP) is 3.72. The third-order valence-corrected chi connectivity index (χ3v) is 6.84. The number of amides is 3. The Morgan fingerprint density at radius 2 is 1.58 bits per heavy atom. The van der Waals surface area contributed by atoms with E-state index in [9.17, 15) is 9.59 Å². The van der Waals surface area contributed by atoms with Crippen LogP contribution in [0.25, 0.3) is 0 Å². The smallest absolute Gasteiger partial charge is 0.318 e. The Hall–Kier alpha value is -2.08. The number of carbonyl (C=O) groups is 2. The summed E-state index contributed by atoms with van der Waals surface area (Å²) in [7, 11) is 0. The average molecular weight is 429 g/mol. The van der Waals surface area contributed by atoms with Crippen molar-refractivity contribution in [3.05, 3.63) is 35.9 Å². The van der Waals surface area contributed by atoms with Gasteiger partial charge in [0, 0.05) is 56.8 Å². The molecular formula is C25H40N4O2. The summed E-state index contributed by atoms with van der Waals surface area (Å²) < 4.78 is 0. The molecule has 1 aliphatic heterocycles. The van der Waals surface area contributed by atoms with E-state index in [1.807, 2.05) is 23.1 Å². The van der Waals surface area contributed by atoms with E-state index in [2.05, 4.69) is 54.9 Å². The number of hydrogen-bond acceptors (Lipinski definition) is 3. The van der Waals surface area contributed by atoms with Crippen LogP contribution in [0.2, 0.25) is 0 Å². The zero-order chi connectivity index (χ0) is 22.4. The lowest BCUT2D eigenvalue weighted by molar-refractivity contribution is -0.138. The first-order valence-corrected chi connectivity index (χ1v) is 12.0. The third-order valence-electron chi connectivity index (χ3n) is 6.84. The molecule has 1 N–H and O–H groups in total. The van der Waals surface area contributed by atoms with E-state index in [0.29, 0.717) is 18.5 Å². The second-order valence-electron chi connectivity index (χ2n) is 9.66. The molecule has 1 saturated heterocycles. The fraction of sp³-hybridized carbons (Fsp3) is 0.680. The summed E-state index contributed by atoms with van der Waals surface area (Å²) in [6.45, 7) is 12.8. The summed E-state index contributed by atoms with van der Waals surface area (Å²) in [5, 5.41) is 3.23. The van der Waals surface area contributed by atoms with Crippen molar-refractivity contribution in [2.24, 2.45) is 5.92 Å². The Kier molecular flexibility index (Phi) is 8.35. The van der Waals surface area contributed by atoms with Crippen LogP contribution in [0, 0.1) is 5.92 Å². The van der Waals surface area contributed by atoms with Crippen LogP contribution in [0.1, 0.15) is 58.9 Å². The predicted molar refractivity (Wildman–Crippen MR) is 125 cm³/mol. The number of nitrogens with zero attached hydrogens (tertiary/aromatic N) is 3. The van der Waals surface area contributed by atoms with Gasteiger partial charge in [0.15, 0.2) is 0 Å². The Bertz CT molecular complexity index is 705. The molecule has 31 heavy (non-hydrogen) atoms. The maximum atomic E-state index is 13.0. The number of benzene rings is 1. The summed E-state index contributed by atoms with van der Waals surface area (Å²) in [4.78, 5) is 32.3. The minimum Gasteiger partial charge on any atom is -0.340 e. The van der Waals surface area contributed by atoms with Gasteiger partial charge in [-0.3, -0.25) is 9.69 Å². The SMILES string of the molecule is CC(C)N1CCN(C(=O)C2CCC(NC(=O)N(Cc3ccccc3)C(C)C)CC2)CC1. The fourth-order valence-corrected chi connectivity index (χ4v) is 4.73. The van der Waals surface area contributed by atoms with E-state index in [1.54, 1.807) is 0 Å². The highest BCUT2D eigenvalue weighted by Crippen LogP contribution is 2.27. The molecule has 1 aromatic carbocycles. The van der Waals surface area contributed by atoms with E-state index < -0.39 is 0 Å². The van der Waals surface area contributed by atoms with Crippen molar-refractivity contribution in [1.29, 1.82) is 0 Å². The second-order valence-corrected chi connectivity index (χ2v) is 9.66. The molecule has 3 amide bonds. The van der Waals surface area contributed by atoms with E-state index in [1.165, 1.54) is 0 Å². The zero-order valence-electron chi connectivity index (χ0n) is 19.7. The van der Waals surface area contributed by atoms with Crippen LogP contribution in [0.3, 0.4) is 0 Å². The fourth-order valence-electron chi connectivity index (χ4n) is 4.73. The van der Waals surface area contributed by atoms with Gasteiger partial charge in [0.1, 0.15) is 0 Å². The highest BCUT2D eigenvalue weighted by atomic mass is 16.2. The maximum absolute atomic E-state index is 13.0. The van der Waals surface area contributed by atoms with Gasteiger partial charge in [-0.15, -0.1) is 0 Å². The zero-order valence-corrected chi connectivity index (χ0v) is 19.7. The Morgan fingerprint density at radius 3 is 2.13 bits per heavy atom. The summed E-state index contributed by atoms with van der Waals surface area (Å²) in [6.07, 6.45) is 3.50. The number of carbonyl (C=O) groups excluding carboxylic acids is 2. The van der Waals surface area contributed by atoms with Crippen LogP contribution in [0.4, 0.5) is 4.79 Å². The van der Waals surface area contributed by atoms with Gasteiger partial charge < -0.3 is 15.1 Å². The molecule has 172 valence electrons. The highest BCUT2D eigenvalue weighted by Gasteiger charge is 2.32. The number of urea groups is 1. The number of piperazine rings is 1. The van der Waals surface area contributed by atoms with Crippen LogP contribution in [0.5, 0.6) is 0 Å². The molecule has 1 aliphatic carbocycles. The first-order chi connectivity index (χ1) is 14.8. The topological polar surface area (TPSA) is 55.9 Å². The van der Waals surface area contributed by atoms with Crippen LogP contribution in [-0.2, 0) is 11.3 Å². The Morgan fingerprint density at radius 1 is 0.968 bits per heavy atom. The van der Waals surface area contributed by atoms with E-state index in [-0.39, 0.29) is 24.0 Å². The van der Waals surface area contributed by atoms with Gasteiger partial charge >= 0.3 is 6.03 Å². The first kappa shape index (κ1) is 23.6. The maximum Gasteiger partial charge on any atom is 0.318 e. The molecule has 0 spiro atoms. The number of hydrogen-bond donors (Lipinski definition) is 1. The van der Waals surface area contributed by atoms with Crippen molar-refractivity contribution >= 4 is 11.9 Å². The van der Waals surface area contributed by atoms with Crippen molar-refractivity contribution in [2.45, 2.75) is 78.0 Å². The van der Waals surface area contributed by atoms with Crippen LogP contribution in [-0.4, -0.2) is 70.9 Å². The summed E-state index contributed by atoms with van der Waals surface area (Å²) in [5.74, 6) is 0.435. The molecule has 6 nitrogen and oxygen atoms in total. The normalized spacial score (nSPS) is 22.6. The molecule has 0 unspecified atom stereocenters. The molecule has 2 aliphatic rings. The average Bonchev–Trinajstić information content (AvgIpc) is 2.78. The minimum atomic E-state index is -0.00145. The molecule has 0 atom stereocenters. The van der Waals surface area contributed by atoms with E-state index in [0.717, 1.165) is 57.4 Å². The lowest BCUT2D eigenvalue weighted by Gasteiger charge is -2.39.